The zero-order valence-electron chi connectivity index (χ0n) is 19.1. The first kappa shape index (κ1) is 23.5. The zero-order valence-corrected chi connectivity index (χ0v) is 19.1. The van der Waals surface area contributed by atoms with Crippen LogP contribution in [-0.4, -0.2) is 0 Å². The largest absolute Gasteiger partial charge is 0.204 e. The minimum atomic E-state index is -0.722. The fraction of sp³-hybridized carbons (Fsp3) is 0.714. The molecule has 2 atom stereocenters. The van der Waals surface area contributed by atoms with Gasteiger partial charge in [0, 0.05) is 0 Å². The Morgan fingerprint density at radius 1 is 0.833 bits per heavy atom. The van der Waals surface area contributed by atoms with Crippen molar-refractivity contribution < 1.29 is 8.78 Å². The molecule has 0 saturated heterocycles. The van der Waals surface area contributed by atoms with Crippen LogP contribution in [-0.2, 0) is 0 Å². The molecule has 1 aromatic rings. The van der Waals surface area contributed by atoms with Crippen LogP contribution in [0, 0.1) is 29.4 Å². The highest BCUT2D eigenvalue weighted by atomic mass is 19.2. The monoisotopic (exact) mass is 416 g/mol. The molecule has 0 aliphatic heterocycles. The lowest BCUT2D eigenvalue weighted by Gasteiger charge is -2.36. The molecule has 1 aromatic carbocycles. The molecule has 0 amide bonds. The number of halogens is 2. The maximum Gasteiger partial charge on any atom is 0.159 e. The van der Waals surface area contributed by atoms with E-state index in [1.807, 2.05) is 6.07 Å². The molecule has 2 heteroatoms. The van der Waals surface area contributed by atoms with Gasteiger partial charge < -0.3 is 0 Å². The van der Waals surface area contributed by atoms with Gasteiger partial charge in [0.15, 0.2) is 11.6 Å². The number of hydrogen-bond donors (Lipinski definition) is 0. The standard InChI is InChI=1S/C28H42F2/c1-2-3-4-5-6-8-11-22-14-16-24(17-15-22)26(20-23-12-9-7-10-13-23)25-18-19-27(29)28(30)21-25/h7,9,18-19,21-24,26H,2-6,8,10-17,20H2,1H3. The van der Waals surface area contributed by atoms with Crippen LogP contribution in [0.4, 0.5) is 8.78 Å². The van der Waals surface area contributed by atoms with Gasteiger partial charge in [-0.1, -0.05) is 82.9 Å². The molecule has 0 N–H and O–H groups in total. The van der Waals surface area contributed by atoms with Crippen LogP contribution in [0.15, 0.2) is 30.4 Å². The van der Waals surface area contributed by atoms with Crippen LogP contribution in [0.1, 0.15) is 115 Å². The minimum absolute atomic E-state index is 0.381. The van der Waals surface area contributed by atoms with Gasteiger partial charge in [-0.2, -0.15) is 0 Å². The molecule has 1 fully saturated rings. The zero-order chi connectivity index (χ0) is 21.2. The highest BCUT2D eigenvalue weighted by molar-refractivity contribution is 5.23. The summed E-state index contributed by atoms with van der Waals surface area (Å²) in [7, 11) is 0. The first-order valence-corrected chi connectivity index (χ1v) is 12.8. The molecule has 168 valence electrons. The van der Waals surface area contributed by atoms with Crippen molar-refractivity contribution in [3.8, 4) is 0 Å². The summed E-state index contributed by atoms with van der Waals surface area (Å²) < 4.78 is 27.6. The quantitative estimate of drug-likeness (QED) is 0.249. The predicted octanol–water partition coefficient (Wildman–Crippen LogP) is 9.35. The van der Waals surface area contributed by atoms with E-state index in [0.717, 1.165) is 24.3 Å². The molecular formula is C28H42F2. The number of allylic oxidation sites excluding steroid dienone is 2. The molecule has 3 rings (SSSR count). The Morgan fingerprint density at radius 3 is 2.30 bits per heavy atom. The fourth-order valence-electron chi connectivity index (χ4n) is 5.87. The summed E-state index contributed by atoms with van der Waals surface area (Å²) in [6.07, 6.45) is 24.1. The topological polar surface area (TPSA) is 0 Å². The maximum absolute atomic E-state index is 14.0. The molecule has 0 bridgehead atoms. The normalized spacial score (nSPS) is 25.4. The van der Waals surface area contributed by atoms with Gasteiger partial charge in [-0.15, -0.1) is 0 Å². The van der Waals surface area contributed by atoms with Gasteiger partial charge in [0.25, 0.3) is 0 Å². The summed E-state index contributed by atoms with van der Waals surface area (Å²) >= 11 is 0. The molecule has 2 aliphatic carbocycles. The van der Waals surface area contributed by atoms with Crippen molar-refractivity contribution in [2.75, 3.05) is 0 Å². The van der Waals surface area contributed by atoms with Crippen LogP contribution in [0.3, 0.4) is 0 Å². The third kappa shape index (κ3) is 7.20. The van der Waals surface area contributed by atoms with E-state index >= 15 is 0 Å². The van der Waals surface area contributed by atoms with E-state index < -0.39 is 11.6 Å². The number of rotatable bonds is 11. The highest BCUT2D eigenvalue weighted by Gasteiger charge is 2.30. The number of hydrogen-bond acceptors (Lipinski definition) is 0. The molecule has 2 aliphatic rings. The lowest BCUT2D eigenvalue weighted by atomic mass is 9.69. The lowest BCUT2D eigenvalue weighted by molar-refractivity contribution is 0.209. The lowest BCUT2D eigenvalue weighted by Crippen LogP contribution is -2.23. The summed E-state index contributed by atoms with van der Waals surface area (Å²) in [6.45, 7) is 2.27. The van der Waals surface area contributed by atoms with Crippen molar-refractivity contribution in [2.45, 2.75) is 109 Å². The van der Waals surface area contributed by atoms with Gasteiger partial charge >= 0.3 is 0 Å². The summed E-state index contributed by atoms with van der Waals surface area (Å²) in [5.41, 5.74) is 1.03. The van der Waals surface area contributed by atoms with E-state index in [-0.39, 0.29) is 0 Å². The van der Waals surface area contributed by atoms with E-state index in [0.29, 0.717) is 17.8 Å². The van der Waals surface area contributed by atoms with Crippen molar-refractivity contribution in [3.05, 3.63) is 47.5 Å². The van der Waals surface area contributed by atoms with Crippen LogP contribution in [0.25, 0.3) is 0 Å². The number of unbranched alkanes of at least 4 members (excludes halogenated alkanes) is 5. The molecule has 30 heavy (non-hydrogen) atoms. The van der Waals surface area contributed by atoms with Crippen molar-refractivity contribution in [2.24, 2.45) is 17.8 Å². The summed E-state index contributed by atoms with van der Waals surface area (Å²) in [4.78, 5) is 0. The van der Waals surface area contributed by atoms with Crippen LogP contribution in [0.5, 0.6) is 0 Å². The highest BCUT2D eigenvalue weighted by Crippen LogP contribution is 2.44. The van der Waals surface area contributed by atoms with Gasteiger partial charge in [0.1, 0.15) is 0 Å². The van der Waals surface area contributed by atoms with E-state index in [9.17, 15) is 8.78 Å². The Bertz CT molecular complexity index is 642. The summed E-state index contributed by atoms with van der Waals surface area (Å²) in [5, 5.41) is 0. The third-order valence-electron chi connectivity index (χ3n) is 7.76. The molecule has 0 nitrogen and oxygen atoms in total. The SMILES string of the molecule is CCCCCCCCC1CCC(C(CC2CC=CCC2)c2ccc(F)c(F)c2)CC1. The second-order valence-corrected chi connectivity index (χ2v) is 10.0. The van der Waals surface area contributed by atoms with Gasteiger partial charge in [0.05, 0.1) is 0 Å². The summed E-state index contributed by atoms with van der Waals surface area (Å²) in [5.74, 6) is 1.18. The predicted molar refractivity (Wildman–Crippen MR) is 124 cm³/mol. The van der Waals surface area contributed by atoms with Crippen molar-refractivity contribution in [1.29, 1.82) is 0 Å². The molecule has 0 aromatic heterocycles. The molecular weight excluding hydrogens is 374 g/mol. The van der Waals surface area contributed by atoms with Crippen molar-refractivity contribution in [3.63, 3.8) is 0 Å². The Hall–Kier alpha value is -1.18. The average Bonchev–Trinajstić information content (AvgIpc) is 2.78. The Kier molecular flexibility index (Phi) is 9.88. The van der Waals surface area contributed by atoms with Gasteiger partial charge in [-0.3, -0.25) is 0 Å². The van der Waals surface area contributed by atoms with Crippen molar-refractivity contribution in [1.82, 2.24) is 0 Å². The van der Waals surface area contributed by atoms with E-state index in [1.54, 1.807) is 0 Å². The van der Waals surface area contributed by atoms with Gasteiger partial charge in [-0.05, 0) is 79.9 Å². The van der Waals surface area contributed by atoms with Crippen LogP contribution >= 0.6 is 0 Å². The minimum Gasteiger partial charge on any atom is -0.204 e. The van der Waals surface area contributed by atoms with E-state index in [1.165, 1.54) is 95.6 Å². The van der Waals surface area contributed by atoms with Crippen molar-refractivity contribution >= 4 is 0 Å². The Balaban J connectivity index is 1.53. The third-order valence-corrected chi connectivity index (χ3v) is 7.76. The molecule has 0 radical (unpaired) electrons. The fourth-order valence-corrected chi connectivity index (χ4v) is 5.87. The first-order valence-electron chi connectivity index (χ1n) is 12.8. The summed E-state index contributed by atoms with van der Waals surface area (Å²) in [6, 6.07) is 4.67. The number of benzene rings is 1. The van der Waals surface area contributed by atoms with Gasteiger partial charge in [-0.25, -0.2) is 8.78 Å². The smallest absolute Gasteiger partial charge is 0.159 e. The van der Waals surface area contributed by atoms with Gasteiger partial charge in [0.2, 0.25) is 0 Å². The molecule has 0 spiro atoms. The van der Waals surface area contributed by atoms with E-state index in [4.69, 9.17) is 0 Å². The van der Waals surface area contributed by atoms with Crippen LogP contribution < -0.4 is 0 Å². The first-order chi connectivity index (χ1) is 14.7. The van der Waals surface area contributed by atoms with E-state index in [2.05, 4.69) is 19.1 Å². The molecule has 2 unspecified atom stereocenters. The maximum atomic E-state index is 14.0. The second-order valence-electron chi connectivity index (χ2n) is 10.0. The Labute approximate surface area is 183 Å². The second kappa shape index (κ2) is 12.6. The average molecular weight is 417 g/mol. The Morgan fingerprint density at radius 2 is 1.60 bits per heavy atom. The van der Waals surface area contributed by atoms with Crippen LogP contribution in [0.2, 0.25) is 0 Å². The molecule has 1 saturated carbocycles. The molecule has 0 heterocycles.